The van der Waals surface area contributed by atoms with Crippen LogP contribution in [0.5, 0.6) is 0 Å². The number of nitrogens with one attached hydrogen (secondary N) is 2. The van der Waals surface area contributed by atoms with E-state index in [-0.39, 0.29) is 12.0 Å². The number of anilines is 1. The van der Waals surface area contributed by atoms with Crippen molar-refractivity contribution >= 4 is 5.95 Å². The van der Waals surface area contributed by atoms with Crippen molar-refractivity contribution in [1.82, 2.24) is 9.97 Å². The van der Waals surface area contributed by atoms with Crippen LogP contribution in [0, 0.1) is 0 Å². The fourth-order valence-electron chi connectivity index (χ4n) is 2.11. The number of halogens is 3. The van der Waals surface area contributed by atoms with Crippen molar-refractivity contribution in [1.29, 1.82) is 0 Å². The summed E-state index contributed by atoms with van der Waals surface area (Å²) >= 11 is 0. The Hall–Kier alpha value is -1.53. The fraction of sp³-hybridized carbons (Fsp3) is 0.636. The van der Waals surface area contributed by atoms with Gasteiger partial charge in [0.1, 0.15) is 0 Å². The molecule has 1 aromatic rings. The Balaban J connectivity index is 2.17. The standard InChI is InChI=1S/C11H14F3N3O/c12-11(13,14)8-6-9(18)17-10(16-8)15-7-4-2-1-3-5-7/h6-7H,1-5H2,(H2,15,16,17,18). The van der Waals surface area contributed by atoms with E-state index in [9.17, 15) is 18.0 Å². The van der Waals surface area contributed by atoms with Crippen molar-refractivity contribution in [3.63, 3.8) is 0 Å². The molecule has 1 aliphatic carbocycles. The van der Waals surface area contributed by atoms with Gasteiger partial charge in [-0.1, -0.05) is 19.3 Å². The maximum Gasteiger partial charge on any atom is 0.433 e. The molecule has 1 heterocycles. The molecular formula is C11H14F3N3O. The summed E-state index contributed by atoms with van der Waals surface area (Å²) in [5.74, 6) is -0.0956. The van der Waals surface area contributed by atoms with Crippen LogP contribution in [-0.4, -0.2) is 16.0 Å². The summed E-state index contributed by atoms with van der Waals surface area (Å²) in [4.78, 5) is 16.9. The number of H-pyrrole nitrogens is 1. The zero-order chi connectivity index (χ0) is 13.2. The van der Waals surface area contributed by atoms with Crippen molar-refractivity contribution in [2.45, 2.75) is 44.3 Å². The van der Waals surface area contributed by atoms with Crippen molar-refractivity contribution < 1.29 is 13.2 Å². The van der Waals surface area contributed by atoms with Gasteiger partial charge >= 0.3 is 6.18 Å². The minimum atomic E-state index is -4.60. The highest BCUT2D eigenvalue weighted by Crippen LogP contribution is 2.27. The second-order valence-electron chi connectivity index (χ2n) is 4.46. The Kier molecular flexibility index (Phi) is 3.58. The Morgan fingerprint density at radius 2 is 1.94 bits per heavy atom. The minimum absolute atomic E-state index is 0.0883. The maximum absolute atomic E-state index is 12.5. The highest BCUT2D eigenvalue weighted by Gasteiger charge is 2.33. The van der Waals surface area contributed by atoms with Crippen LogP contribution >= 0.6 is 0 Å². The van der Waals surface area contributed by atoms with Crippen LogP contribution in [0.1, 0.15) is 37.8 Å². The highest BCUT2D eigenvalue weighted by atomic mass is 19.4. The van der Waals surface area contributed by atoms with Crippen molar-refractivity contribution in [2.24, 2.45) is 0 Å². The molecule has 0 radical (unpaired) electrons. The Morgan fingerprint density at radius 1 is 1.28 bits per heavy atom. The molecule has 0 saturated heterocycles. The van der Waals surface area contributed by atoms with Gasteiger partial charge < -0.3 is 5.32 Å². The third kappa shape index (κ3) is 3.24. The maximum atomic E-state index is 12.5. The molecule has 0 unspecified atom stereocenters. The number of aromatic nitrogens is 2. The molecule has 0 atom stereocenters. The van der Waals surface area contributed by atoms with E-state index >= 15 is 0 Å². The number of nitrogens with zero attached hydrogens (tertiary/aromatic N) is 1. The lowest BCUT2D eigenvalue weighted by atomic mass is 9.96. The average Bonchev–Trinajstić information content (AvgIpc) is 2.28. The fourth-order valence-corrected chi connectivity index (χ4v) is 2.11. The summed E-state index contributed by atoms with van der Waals surface area (Å²) in [7, 11) is 0. The number of rotatable bonds is 2. The molecule has 0 aromatic carbocycles. The number of hydrogen-bond acceptors (Lipinski definition) is 3. The normalized spacial score (nSPS) is 17.7. The highest BCUT2D eigenvalue weighted by molar-refractivity contribution is 5.27. The van der Waals surface area contributed by atoms with Gasteiger partial charge in [0.25, 0.3) is 5.56 Å². The Labute approximate surface area is 102 Å². The molecule has 1 aromatic heterocycles. The first-order chi connectivity index (χ1) is 8.45. The summed E-state index contributed by atoms with van der Waals surface area (Å²) in [6.07, 6.45) is 0.406. The molecule has 0 aliphatic heterocycles. The van der Waals surface area contributed by atoms with Gasteiger partial charge in [-0.15, -0.1) is 0 Å². The molecule has 4 nitrogen and oxygen atoms in total. The van der Waals surface area contributed by atoms with E-state index < -0.39 is 17.4 Å². The van der Waals surface area contributed by atoms with Crippen LogP contribution in [0.4, 0.5) is 19.1 Å². The van der Waals surface area contributed by atoms with E-state index in [2.05, 4.69) is 15.3 Å². The van der Waals surface area contributed by atoms with Crippen LogP contribution < -0.4 is 10.9 Å². The summed E-state index contributed by atoms with van der Waals surface area (Å²) < 4.78 is 37.5. The molecule has 1 fully saturated rings. The summed E-state index contributed by atoms with van der Waals surface area (Å²) in [5.41, 5.74) is -1.96. The lowest BCUT2D eigenvalue weighted by Crippen LogP contribution is -2.26. The van der Waals surface area contributed by atoms with Gasteiger partial charge in [-0.3, -0.25) is 9.78 Å². The smallest absolute Gasteiger partial charge is 0.353 e. The minimum Gasteiger partial charge on any atom is -0.353 e. The molecule has 0 spiro atoms. The molecule has 2 rings (SSSR count). The monoisotopic (exact) mass is 261 g/mol. The van der Waals surface area contributed by atoms with Gasteiger partial charge in [0.2, 0.25) is 5.95 Å². The van der Waals surface area contributed by atoms with E-state index in [1.807, 2.05) is 0 Å². The van der Waals surface area contributed by atoms with E-state index in [1.54, 1.807) is 0 Å². The van der Waals surface area contributed by atoms with E-state index in [0.717, 1.165) is 32.1 Å². The second kappa shape index (κ2) is 4.99. The zero-order valence-electron chi connectivity index (χ0n) is 9.68. The third-order valence-corrected chi connectivity index (χ3v) is 2.98. The first-order valence-corrected chi connectivity index (χ1v) is 5.90. The van der Waals surface area contributed by atoms with Crippen LogP contribution in [-0.2, 0) is 6.18 Å². The quantitative estimate of drug-likeness (QED) is 0.860. The molecule has 100 valence electrons. The largest absolute Gasteiger partial charge is 0.433 e. The van der Waals surface area contributed by atoms with Gasteiger partial charge in [0.05, 0.1) is 0 Å². The average molecular weight is 261 g/mol. The first-order valence-electron chi connectivity index (χ1n) is 5.90. The predicted octanol–water partition coefficient (Wildman–Crippen LogP) is 2.53. The van der Waals surface area contributed by atoms with E-state index in [1.165, 1.54) is 0 Å². The van der Waals surface area contributed by atoms with Crippen LogP contribution in [0.25, 0.3) is 0 Å². The first kappa shape index (κ1) is 12.9. The molecule has 7 heteroatoms. The molecule has 0 amide bonds. The molecule has 1 saturated carbocycles. The van der Waals surface area contributed by atoms with Gasteiger partial charge in [0.15, 0.2) is 5.69 Å². The summed E-state index contributed by atoms with van der Waals surface area (Å²) in [6.45, 7) is 0. The van der Waals surface area contributed by atoms with Gasteiger partial charge in [-0.2, -0.15) is 13.2 Å². The Bertz CT molecular complexity index is 463. The van der Waals surface area contributed by atoms with Crippen molar-refractivity contribution in [3.05, 3.63) is 22.1 Å². The lowest BCUT2D eigenvalue weighted by molar-refractivity contribution is -0.141. The number of hydrogen-bond donors (Lipinski definition) is 2. The SMILES string of the molecule is O=c1cc(C(F)(F)F)nc(NC2CCCCC2)[nH]1. The van der Waals surface area contributed by atoms with Crippen molar-refractivity contribution in [2.75, 3.05) is 5.32 Å². The van der Waals surface area contributed by atoms with Crippen LogP contribution in [0.15, 0.2) is 10.9 Å². The number of aromatic amines is 1. The second-order valence-corrected chi connectivity index (χ2v) is 4.46. The van der Waals surface area contributed by atoms with Crippen LogP contribution in [0.3, 0.4) is 0 Å². The van der Waals surface area contributed by atoms with E-state index in [0.29, 0.717) is 6.07 Å². The predicted molar refractivity (Wildman–Crippen MR) is 60.4 cm³/mol. The molecular weight excluding hydrogens is 247 g/mol. The van der Waals surface area contributed by atoms with Crippen LogP contribution in [0.2, 0.25) is 0 Å². The molecule has 18 heavy (non-hydrogen) atoms. The van der Waals surface area contributed by atoms with Crippen molar-refractivity contribution in [3.8, 4) is 0 Å². The number of alkyl halides is 3. The summed E-state index contributed by atoms with van der Waals surface area (Å²) in [5, 5.41) is 2.87. The van der Waals surface area contributed by atoms with E-state index in [4.69, 9.17) is 0 Å². The lowest BCUT2D eigenvalue weighted by Gasteiger charge is -2.23. The molecule has 2 N–H and O–H groups in total. The summed E-state index contributed by atoms with van der Waals surface area (Å²) in [6, 6.07) is 0.553. The zero-order valence-corrected chi connectivity index (χ0v) is 9.68. The molecule has 0 bridgehead atoms. The van der Waals surface area contributed by atoms with Gasteiger partial charge in [0, 0.05) is 12.1 Å². The third-order valence-electron chi connectivity index (χ3n) is 2.98. The Morgan fingerprint density at radius 3 is 2.56 bits per heavy atom. The van der Waals surface area contributed by atoms with Gasteiger partial charge in [-0.25, -0.2) is 4.98 Å². The molecule has 1 aliphatic rings. The van der Waals surface area contributed by atoms with Gasteiger partial charge in [-0.05, 0) is 12.8 Å². The topological polar surface area (TPSA) is 57.8 Å².